The van der Waals surface area contributed by atoms with Crippen LogP contribution in [0.3, 0.4) is 0 Å². The lowest BCUT2D eigenvalue weighted by Crippen LogP contribution is -2.30. The third kappa shape index (κ3) is 2.66. The van der Waals surface area contributed by atoms with Gasteiger partial charge >= 0.3 is 0 Å². The van der Waals surface area contributed by atoms with Crippen molar-refractivity contribution in [3.05, 3.63) is 6.33 Å². The molecule has 2 rings (SSSR count). The number of anilines is 1. The molecule has 5 heteroatoms. The molecule has 1 saturated carbocycles. The first kappa shape index (κ1) is 12.9. The fourth-order valence-electron chi connectivity index (χ4n) is 2.56. The summed E-state index contributed by atoms with van der Waals surface area (Å²) in [5, 5.41) is 0. The molecule has 1 aromatic heterocycles. The van der Waals surface area contributed by atoms with Crippen molar-refractivity contribution in [1.82, 2.24) is 9.97 Å². The Balaban J connectivity index is 2.12. The standard InChI is InChI=1S/C13H21N3O2/c1-3-9-6-4-5-7-10(9)18-13-11(14)12(17-2)15-8-16-13/h8-10H,3-7,14H2,1-2H3. The maximum atomic E-state index is 5.98. The minimum atomic E-state index is 0.214. The number of hydrogen-bond acceptors (Lipinski definition) is 5. The average Bonchev–Trinajstić information content (AvgIpc) is 2.42. The van der Waals surface area contributed by atoms with Crippen LogP contribution in [0.4, 0.5) is 5.69 Å². The lowest BCUT2D eigenvalue weighted by atomic mass is 9.85. The molecule has 1 fully saturated rings. The maximum Gasteiger partial charge on any atom is 0.244 e. The number of rotatable bonds is 4. The van der Waals surface area contributed by atoms with Gasteiger partial charge in [0.15, 0.2) is 5.69 Å². The van der Waals surface area contributed by atoms with E-state index in [4.69, 9.17) is 15.2 Å². The highest BCUT2D eigenvalue weighted by molar-refractivity contribution is 5.55. The van der Waals surface area contributed by atoms with Crippen LogP contribution in [0.2, 0.25) is 0 Å². The van der Waals surface area contributed by atoms with E-state index in [1.807, 2.05) is 0 Å². The molecule has 0 aliphatic heterocycles. The molecule has 0 bridgehead atoms. The largest absolute Gasteiger partial charge is 0.479 e. The van der Waals surface area contributed by atoms with Crippen LogP contribution in [-0.4, -0.2) is 23.2 Å². The van der Waals surface area contributed by atoms with E-state index < -0.39 is 0 Å². The first-order valence-electron chi connectivity index (χ1n) is 6.57. The Bertz CT molecular complexity index is 398. The molecule has 0 saturated heterocycles. The van der Waals surface area contributed by atoms with Crippen molar-refractivity contribution in [1.29, 1.82) is 0 Å². The van der Waals surface area contributed by atoms with E-state index in [1.54, 1.807) is 0 Å². The average molecular weight is 251 g/mol. The zero-order valence-corrected chi connectivity index (χ0v) is 11.1. The van der Waals surface area contributed by atoms with Crippen LogP contribution in [0.15, 0.2) is 6.33 Å². The summed E-state index contributed by atoms with van der Waals surface area (Å²) in [5.41, 5.74) is 6.31. The number of methoxy groups -OCH3 is 1. The molecule has 5 nitrogen and oxygen atoms in total. The van der Waals surface area contributed by atoms with Gasteiger partial charge < -0.3 is 15.2 Å². The third-order valence-corrected chi connectivity index (χ3v) is 3.63. The monoisotopic (exact) mass is 251 g/mol. The Morgan fingerprint density at radius 3 is 2.72 bits per heavy atom. The van der Waals surface area contributed by atoms with Crippen LogP contribution in [0.1, 0.15) is 39.0 Å². The van der Waals surface area contributed by atoms with Gasteiger partial charge in [0.25, 0.3) is 0 Å². The summed E-state index contributed by atoms with van der Waals surface area (Å²) < 4.78 is 11.0. The van der Waals surface area contributed by atoms with E-state index in [9.17, 15) is 0 Å². The van der Waals surface area contributed by atoms with Gasteiger partial charge in [0.05, 0.1) is 7.11 Å². The molecular weight excluding hydrogens is 230 g/mol. The van der Waals surface area contributed by atoms with Gasteiger partial charge in [-0.25, -0.2) is 0 Å². The molecular formula is C13H21N3O2. The second kappa shape index (κ2) is 5.89. The quantitative estimate of drug-likeness (QED) is 0.889. The Labute approximate surface area is 108 Å². The highest BCUT2D eigenvalue weighted by atomic mass is 16.5. The Morgan fingerprint density at radius 1 is 1.28 bits per heavy atom. The van der Waals surface area contributed by atoms with Crippen molar-refractivity contribution in [2.75, 3.05) is 12.8 Å². The van der Waals surface area contributed by atoms with Crippen LogP contribution in [0.25, 0.3) is 0 Å². The fourth-order valence-corrected chi connectivity index (χ4v) is 2.56. The molecule has 1 aliphatic rings. The molecule has 1 aliphatic carbocycles. The summed E-state index contributed by atoms with van der Waals surface area (Å²) in [4.78, 5) is 8.06. The van der Waals surface area contributed by atoms with Gasteiger partial charge in [-0.1, -0.05) is 13.3 Å². The third-order valence-electron chi connectivity index (χ3n) is 3.63. The summed E-state index contributed by atoms with van der Waals surface area (Å²) in [6.45, 7) is 2.20. The van der Waals surface area contributed by atoms with E-state index >= 15 is 0 Å². The first-order valence-corrected chi connectivity index (χ1v) is 6.57. The Hall–Kier alpha value is -1.52. The zero-order valence-electron chi connectivity index (χ0n) is 11.1. The summed E-state index contributed by atoms with van der Waals surface area (Å²) in [5.74, 6) is 1.43. The minimum absolute atomic E-state index is 0.214. The van der Waals surface area contributed by atoms with Gasteiger partial charge in [-0.05, 0) is 31.6 Å². The highest BCUT2D eigenvalue weighted by Crippen LogP contribution is 2.33. The van der Waals surface area contributed by atoms with E-state index in [-0.39, 0.29) is 6.10 Å². The maximum absolute atomic E-state index is 5.98. The van der Waals surface area contributed by atoms with E-state index in [1.165, 1.54) is 32.7 Å². The van der Waals surface area contributed by atoms with Gasteiger partial charge in [-0.15, -0.1) is 0 Å². The molecule has 100 valence electrons. The molecule has 0 aromatic carbocycles. The van der Waals surface area contributed by atoms with Gasteiger partial charge in [0.1, 0.15) is 12.4 Å². The van der Waals surface area contributed by atoms with Crippen LogP contribution in [-0.2, 0) is 0 Å². The van der Waals surface area contributed by atoms with E-state index in [0.29, 0.717) is 23.4 Å². The van der Waals surface area contributed by atoms with E-state index in [0.717, 1.165) is 12.8 Å². The smallest absolute Gasteiger partial charge is 0.244 e. The van der Waals surface area contributed by atoms with Crippen LogP contribution < -0.4 is 15.2 Å². The van der Waals surface area contributed by atoms with Gasteiger partial charge in [0.2, 0.25) is 11.8 Å². The van der Waals surface area contributed by atoms with Crippen molar-refractivity contribution in [3.8, 4) is 11.8 Å². The van der Waals surface area contributed by atoms with Gasteiger partial charge in [0, 0.05) is 0 Å². The van der Waals surface area contributed by atoms with Crippen molar-refractivity contribution in [2.24, 2.45) is 5.92 Å². The molecule has 2 atom stereocenters. The normalized spacial score (nSPS) is 23.7. The van der Waals surface area contributed by atoms with Crippen LogP contribution in [0, 0.1) is 5.92 Å². The number of nitrogen functional groups attached to an aromatic ring is 1. The van der Waals surface area contributed by atoms with Gasteiger partial charge in [-0.2, -0.15) is 9.97 Å². The predicted molar refractivity (Wildman–Crippen MR) is 69.7 cm³/mol. The lowest BCUT2D eigenvalue weighted by Gasteiger charge is -2.31. The second-order valence-electron chi connectivity index (χ2n) is 4.71. The molecule has 2 unspecified atom stereocenters. The van der Waals surface area contributed by atoms with Gasteiger partial charge in [-0.3, -0.25) is 0 Å². The van der Waals surface area contributed by atoms with E-state index in [2.05, 4.69) is 16.9 Å². The van der Waals surface area contributed by atoms with Crippen LogP contribution >= 0.6 is 0 Å². The summed E-state index contributed by atoms with van der Waals surface area (Å²) in [6.07, 6.45) is 7.57. The second-order valence-corrected chi connectivity index (χ2v) is 4.71. The Kier molecular flexibility index (Phi) is 4.23. The molecule has 1 heterocycles. The molecule has 18 heavy (non-hydrogen) atoms. The summed E-state index contributed by atoms with van der Waals surface area (Å²) in [7, 11) is 1.54. The number of aromatic nitrogens is 2. The lowest BCUT2D eigenvalue weighted by molar-refractivity contribution is 0.0862. The van der Waals surface area contributed by atoms with Crippen molar-refractivity contribution < 1.29 is 9.47 Å². The molecule has 0 spiro atoms. The SMILES string of the molecule is CCC1CCCCC1Oc1ncnc(OC)c1N. The Morgan fingerprint density at radius 2 is 2.00 bits per heavy atom. The summed E-state index contributed by atoms with van der Waals surface area (Å²) >= 11 is 0. The van der Waals surface area contributed by atoms with Crippen molar-refractivity contribution in [3.63, 3.8) is 0 Å². The first-order chi connectivity index (χ1) is 8.76. The highest BCUT2D eigenvalue weighted by Gasteiger charge is 2.26. The van der Waals surface area contributed by atoms with Crippen LogP contribution in [0.5, 0.6) is 11.8 Å². The van der Waals surface area contributed by atoms with Crippen molar-refractivity contribution >= 4 is 5.69 Å². The molecule has 2 N–H and O–H groups in total. The number of ether oxygens (including phenoxy) is 2. The topological polar surface area (TPSA) is 70.3 Å². The minimum Gasteiger partial charge on any atom is -0.479 e. The molecule has 0 radical (unpaired) electrons. The molecule has 1 aromatic rings. The fraction of sp³-hybridized carbons (Fsp3) is 0.692. The summed E-state index contributed by atoms with van der Waals surface area (Å²) in [6, 6.07) is 0. The number of nitrogens with zero attached hydrogens (tertiary/aromatic N) is 2. The number of hydrogen-bond donors (Lipinski definition) is 1. The molecule has 0 amide bonds. The predicted octanol–water partition coefficient (Wildman–Crippen LogP) is 2.42. The number of nitrogens with two attached hydrogens (primary N) is 1. The van der Waals surface area contributed by atoms with Crippen molar-refractivity contribution in [2.45, 2.75) is 45.1 Å². The zero-order chi connectivity index (χ0) is 13.0.